The van der Waals surface area contributed by atoms with Crippen molar-refractivity contribution in [2.45, 2.75) is 0 Å². The number of hydrogen-bond acceptors (Lipinski definition) is 2. The summed E-state index contributed by atoms with van der Waals surface area (Å²) in [4.78, 5) is 0. The molecule has 0 unspecified atom stereocenters. The van der Waals surface area contributed by atoms with Gasteiger partial charge in [0.05, 0.1) is 0 Å². The van der Waals surface area contributed by atoms with E-state index in [1.54, 1.807) is 0 Å². The van der Waals surface area contributed by atoms with E-state index in [4.69, 9.17) is 13.0 Å². The van der Waals surface area contributed by atoms with Gasteiger partial charge in [-0.2, -0.15) is 8.42 Å². The zero-order valence-corrected chi connectivity index (χ0v) is 5.95. The van der Waals surface area contributed by atoms with Crippen LogP contribution in [0, 0.1) is 0 Å². The number of rotatable bonds is 0. The summed E-state index contributed by atoms with van der Waals surface area (Å²) in [6.07, 6.45) is 0. The topological polar surface area (TPSA) is 54.4 Å². The van der Waals surface area contributed by atoms with Crippen molar-refractivity contribution in [2.75, 3.05) is 0 Å². The number of hydrogen-bond donors (Lipinski definition) is 2. The molecule has 0 aliphatic heterocycles. The fourth-order valence-corrected chi connectivity index (χ4v) is 0. The van der Waals surface area contributed by atoms with E-state index in [2.05, 4.69) is 11.7 Å². The van der Waals surface area contributed by atoms with Crippen LogP contribution in [0.3, 0.4) is 0 Å². The van der Waals surface area contributed by atoms with Gasteiger partial charge in [-0.05, 0) is 11.7 Å². The Labute approximate surface area is 100.0 Å². The summed E-state index contributed by atoms with van der Waals surface area (Å²) in [5.41, 5.74) is 0. The summed E-state index contributed by atoms with van der Waals surface area (Å²) >= 11 is 2.65. The summed E-state index contributed by atoms with van der Waals surface area (Å²) in [5, 5.41) is 0. The molecule has 0 aliphatic carbocycles. The Hall–Kier alpha value is 2.38. The van der Waals surface area contributed by atoms with Gasteiger partial charge in [-0.25, -0.2) is 0 Å². The molecule has 0 atom stereocenters. The predicted octanol–water partition coefficient (Wildman–Crippen LogP) is -0.352. The van der Waals surface area contributed by atoms with E-state index in [-0.39, 0.29) is 68.4 Å². The molecule has 0 bridgehead atoms. The molecule has 0 saturated heterocycles. The Morgan fingerprint density at radius 3 is 1.43 bits per heavy atom. The zero-order valence-electron chi connectivity index (χ0n) is 2.53. The molecule has 0 rings (SSSR count). The van der Waals surface area contributed by atoms with Crippen molar-refractivity contribution >= 4 is 89.2 Å². The molecule has 0 fully saturated rings. The van der Waals surface area contributed by atoms with Crippen molar-refractivity contribution in [1.82, 2.24) is 0 Å². The SMILES string of the molecule is Br.O=S(=O)(O)S.[KH]. The van der Waals surface area contributed by atoms with Crippen LogP contribution in [0.25, 0.3) is 0 Å². The molecule has 42 valence electrons. The summed E-state index contributed by atoms with van der Waals surface area (Å²) in [6, 6.07) is 0. The third-order valence-corrected chi connectivity index (χ3v) is 0. The van der Waals surface area contributed by atoms with Crippen LogP contribution in [0.2, 0.25) is 0 Å². The van der Waals surface area contributed by atoms with Crippen molar-refractivity contribution in [3.05, 3.63) is 0 Å². The van der Waals surface area contributed by atoms with Crippen LogP contribution >= 0.6 is 28.6 Å². The molecule has 0 aromatic carbocycles. The summed E-state index contributed by atoms with van der Waals surface area (Å²) < 4.78 is 25.5. The van der Waals surface area contributed by atoms with E-state index in [0.29, 0.717) is 0 Å². The van der Waals surface area contributed by atoms with Crippen molar-refractivity contribution in [3.8, 4) is 0 Å². The van der Waals surface area contributed by atoms with Gasteiger partial charge in [0.2, 0.25) is 0 Å². The standard InChI is InChI=1S/BrH.K.H2O3S2.H/c;;1-5(2,3)4;/h1H;;(H2,1,2,3,4);. The van der Waals surface area contributed by atoms with Crippen molar-refractivity contribution in [1.29, 1.82) is 0 Å². The van der Waals surface area contributed by atoms with E-state index in [0.717, 1.165) is 0 Å². The van der Waals surface area contributed by atoms with E-state index < -0.39 is 9.15 Å². The van der Waals surface area contributed by atoms with Gasteiger partial charge in [0.15, 0.2) is 0 Å². The van der Waals surface area contributed by atoms with E-state index in [9.17, 15) is 0 Å². The second-order valence-corrected chi connectivity index (χ2v) is 2.73. The molecule has 0 heterocycles. The van der Waals surface area contributed by atoms with Crippen LogP contribution in [0.5, 0.6) is 0 Å². The van der Waals surface area contributed by atoms with Gasteiger partial charge in [0.1, 0.15) is 0 Å². The average molecular weight is 235 g/mol. The fourth-order valence-electron chi connectivity index (χ4n) is 0. The Balaban J connectivity index is -0.0000000800. The maximum atomic E-state index is 9.05. The molecule has 7 heteroatoms. The molecule has 0 saturated carbocycles. The summed E-state index contributed by atoms with van der Waals surface area (Å²) in [6.45, 7) is 0. The fraction of sp³-hybridized carbons (Fsp3) is 0. The first-order chi connectivity index (χ1) is 2.00. The van der Waals surface area contributed by atoms with E-state index >= 15 is 0 Å². The van der Waals surface area contributed by atoms with Gasteiger partial charge in [-0.3, -0.25) is 4.55 Å². The summed E-state index contributed by atoms with van der Waals surface area (Å²) in [5.74, 6) is 0. The van der Waals surface area contributed by atoms with Crippen LogP contribution in [0.1, 0.15) is 0 Å². The molecule has 0 aromatic rings. The first kappa shape index (κ1) is 16.2. The molecule has 7 heavy (non-hydrogen) atoms. The maximum absolute atomic E-state index is 9.05. The average Bonchev–Trinajstić information content (AvgIpc) is 0.722. The van der Waals surface area contributed by atoms with Gasteiger partial charge < -0.3 is 0 Å². The second-order valence-electron chi connectivity index (χ2n) is 0.448. The summed E-state index contributed by atoms with van der Waals surface area (Å²) in [7, 11) is -3.97. The van der Waals surface area contributed by atoms with Gasteiger partial charge in [-0.15, -0.1) is 17.0 Å². The predicted molar refractivity (Wildman–Crippen MR) is 38.0 cm³/mol. The number of halogens is 1. The molecular formula is H4BrKO3S2. The minimum atomic E-state index is -3.97. The monoisotopic (exact) mass is 234 g/mol. The van der Waals surface area contributed by atoms with Gasteiger partial charge >= 0.3 is 60.5 Å². The first-order valence-electron chi connectivity index (χ1n) is 0.698. The van der Waals surface area contributed by atoms with Crippen molar-refractivity contribution in [3.63, 3.8) is 0 Å². The van der Waals surface area contributed by atoms with E-state index in [1.807, 2.05) is 0 Å². The molecule has 0 aliphatic rings. The van der Waals surface area contributed by atoms with Crippen LogP contribution < -0.4 is 0 Å². The normalized spacial score (nSPS) is 8.29. The Morgan fingerprint density at radius 1 is 1.43 bits per heavy atom. The van der Waals surface area contributed by atoms with Gasteiger partial charge in [-0.1, -0.05) is 0 Å². The third kappa shape index (κ3) is 60.3. The van der Waals surface area contributed by atoms with Crippen LogP contribution in [-0.4, -0.2) is 64.4 Å². The third-order valence-electron chi connectivity index (χ3n) is 0. The van der Waals surface area contributed by atoms with Gasteiger partial charge in [0.25, 0.3) is 0 Å². The molecule has 0 amide bonds. The Bertz CT molecular complexity index is 96.1. The minimum absolute atomic E-state index is 0. The Kier molecular flexibility index (Phi) is 15.0. The van der Waals surface area contributed by atoms with Crippen molar-refractivity contribution in [2.24, 2.45) is 0 Å². The second kappa shape index (κ2) is 6.50. The van der Waals surface area contributed by atoms with E-state index in [1.165, 1.54) is 0 Å². The van der Waals surface area contributed by atoms with Crippen LogP contribution in [0.15, 0.2) is 0 Å². The molecule has 0 radical (unpaired) electrons. The molecular weight excluding hydrogens is 231 g/mol. The Morgan fingerprint density at radius 2 is 1.43 bits per heavy atom. The quantitative estimate of drug-likeness (QED) is 0.261. The molecule has 0 aromatic heterocycles. The number of thiol groups is 1. The molecule has 3 nitrogen and oxygen atoms in total. The van der Waals surface area contributed by atoms with Crippen LogP contribution in [0.4, 0.5) is 0 Å². The van der Waals surface area contributed by atoms with Crippen molar-refractivity contribution < 1.29 is 13.0 Å². The zero-order chi connectivity index (χ0) is 4.50. The first-order valence-corrected chi connectivity index (χ1v) is 3.19. The van der Waals surface area contributed by atoms with Crippen LogP contribution in [-0.2, 0) is 9.15 Å². The molecule has 0 spiro atoms. The molecule has 1 N–H and O–H groups in total. The van der Waals surface area contributed by atoms with Gasteiger partial charge in [0, 0.05) is 0 Å².